The molecule has 0 atom stereocenters. The van der Waals surface area contributed by atoms with Gasteiger partial charge in [0.25, 0.3) is 5.91 Å². The minimum atomic E-state index is -0.115. The Bertz CT molecular complexity index is 1090. The molecular weight excluding hydrogens is 368 g/mol. The number of aryl methyl sites for hydroxylation is 2. The van der Waals surface area contributed by atoms with Crippen LogP contribution in [0.25, 0.3) is 10.4 Å². The fourth-order valence-electron chi connectivity index (χ4n) is 4.08. The summed E-state index contributed by atoms with van der Waals surface area (Å²) >= 11 is 1.55. The summed E-state index contributed by atoms with van der Waals surface area (Å²) in [7, 11) is 0. The smallest absolute Gasteiger partial charge is 0.265 e. The lowest BCUT2D eigenvalue weighted by atomic mass is 9.91. The van der Waals surface area contributed by atoms with Gasteiger partial charge < -0.3 is 10.2 Å². The first-order valence-corrected chi connectivity index (χ1v) is 10.4. The first kappa shape index (κ1) is 17.2. The van der Waals surface area contributed by atoms with Gasteiger partial charge in [-0.2, -0.15) is 0 Å². The molecule has 2 amide bonds. The summed E-state index contributed by atoms with van der Waals surface area (Å²) in [6, 6.07) is 18.0. The molecule has 0 bridgehead atoms. The minimum Gasteiger partial charge on any atom is -0.319 e. The van der Waals surface area contributed by atoms with Crippen molar-refractivity contribution in [2.75, 3.05) is 16.8 Å². The standard InChI is InChI=1S/C23H20N2O2S/c26-21-10-5-13-25(21)19-9-4-3-8-18(19)24-23(27)20-14-16-12-11-15-6-1-2-7-17(15)22(16)28-20/h1-4,6-9,14H,5,10-13H2,(H,24,27). The van der Waals surface area contributed by atoms with Gasteiger partial charge in [-0.3, -0.25) is 9.59 Å². The van der Waals surface area contributed by atoms with Crippen molar-refractivity contribution >= 4 is 34.5 Å². The Labute approximate surface area is 167 Å². The van der Waals surface area contributed by atoms with Gasteiger partial charge in [-0.15, -0.1) is 11.3 Å². The number of thiophene rings is 1. The lowest BCUT2D eigenvalue weighted by Gasteiger charge is -2.19. The van der Waals surface area contributed by atoms with Gasteiger partial charge in [0.15, 0.2) is 0 Å². The molecule has 2 aliphatic rings. The minimum absolute atomic E-state index is 0.115. The van der Waals surface area contributed by atoms with Gasteiger partial charge in [-0.25, -0.2) is 0 Å². The molecule has 1 saturated heterocycles. The van der Waals surface area contributed by atoms with Crippen molar-refractivity contribution in [2.24, 2.45) is 0 Å². The number of hydrogen-bond donors (Lipinski definition) is 1. The third kappa shape index (κ3) is 2.92. The molecule has 0 spiro atoms. The third-order valence-corrected chi connectivity index (χ3v) is 6.68. The highest BCUT2D eigenvalue weighted by molar-refractivity contribution is 7.17. The van der Waals surface area contributed by atoms with E-state index in [9.17, 15) is 9.59 Å². The zero-order valence-electron chi connectivity index (χ0n) is 15.4. The molecule has 28 heavy (non-hydrogen) atoms. The average molecular weight is 388 g/mol. The molecule has 0 radical (unpaired) electrons. The molecule has 1 aliphatic heterocycles. The quantitative estimate of drug-likeness (QED) is 0.694. The number of para-hydroxylation sites is 2. The molecule has 2 aromatic carbocycles. The van der Waals surface area contributed by atoms with Crippen LogP contribution in [-0.4, -0.2) is 18.4 Å². The first-order valence-electron chi connectivity index (χ1n) is 9.62. The SMILES string of the molecule is O=C(Nc1ccccc1N1CCCC1=O)c1cc2c(s1)-c1ccccc1CC2. The van der Waals surface area contributed by atoms with E-state index in [0.29, 0.717) is 23.5 Å². The highest BCUT2D eigenvalue weighted by Crippen LogP contribution is 2.40. The number of rotatable bonds is 3. The Morgan fingerprint density at radius 2 is 1.75 bits per heavy atom. The zero-order valence-corrected chi connectivity index (χ0v) is 16.2. The first-order chi connectivity index (χ1) is 13.7. The predicted molar refractivity (Wildman–Crippen MR) is 113 cm³/mol. The highest BCUT2D eigenvalue weighted by atomic mass is 32.1. The van der Waals surface area contributed by atoms with E-state index in [0.717, 1.165) is 24.9 Å². The number of nitrogens with zero attached hydrogens (tertiary/aromatic N) is 1. The van der Waals surface area contributed by atoms with Crippen molar-refractivity contribution in [3.05, 3.63) is 70.6 Å². The summed E-state index contributed by atoms with van der Waals surface area (Å²) in [6.45, 7) is 0.704. The van der Waals surface area contributed by atoms with Crippen LogP contribution in [0.4, 0.5) is 11.4 Å². The van der Waals surface area contributed by atoms with Gasteiger partial charge in [0, 0.05) is 17.8 Å². The van der Waals surface area contributed by atoms with Crippen LogP contribution < -0.4 is 10.2 Å². The molecule has 1 aliphatic carbocycles. The van der Waals surface area contributed by atoms with Gasteiger partial charge in [0.1, 0.15) is 0 Å². The van der Waals surface area contributed by atoms with Crippen molar-refractivity contribution in [1.82, 2.24) is 0 Å². The van der Waals surface area contributed by atoms with Crippen LogP contribution in [0.2, 0.25) is 0 Å². The molecule has 2 heterocycles. The highest BCUT2D eigenvalue weighted by Gasteiger charge is 2.25. The normalized spacial score (nSPS) is 15.3. The van der Waals surface area contributed by atoms with Crippen molar-refractivity contribution in [3.8, 4) is 10.4 Å². The van der Waals surface area contributed by atoms with E-state index < -0.39 is 0 Å². The summed E-state index contributed by atoms with van der Waals surface area (Å²) in [5.74, 6) is 0.000806. The van der Waals surface area contributed by atoms with Crippen molar-refractivity contribution in [3.63, 3.8) is 0 Å². The van der Waals surface area contributed by atoms with E-state index in [-0.39, 0.29) is 11.8 Å². The maximum atomic E-state index is 13.0. The predicted octanol–water partition coefficient (Wildman–Crippen LogP) is 4.89. The molecule has 0 saturated carbocycles. The number of anilines is 2. The molecule has 1 fully saturated rings. The number of nitrogens with one attached hydrogen (secondary N) is 1. The summed E-state index contributed by atoms with van der Waals surface area (Å²) in [5.41, 5.74) is 5.31. The third-order valence-electron chi connectivity index (χ3n) is 5.47. The second-order valence-corrected chi connectivity index (χ2v) is 8.29. The Morgan fingerprint density at radius 1 is 0.964 bits per heavy atom. The van der Waals surface area contributed by atoms with Gasteiger partial charge in [0.05, 0.1) is 16.3 Å². The molecule has 4 nitrogen and oxygen atoms in total. The van der Waals surface area contributed by atoms with E-state index in [4.69, 9.17) is 0 Å². The number of hydrogen-bond acceptors (Lipinski definition) is 3. The van der Waals surface area contributed by atoms with Gasteiger partial charge in [-0.05, 0) is 54.2 Å². The monoisotopic (exact) mass is 388 g/mol. The van der Waals surface area contributed by atoms with Gasteiger partial charge in [0.2, 0.25) is 5.91 Å². The van der Waals surface area contributed by atoms with Gasteiger partial charge in [-0.1, -0.05) is 36.4 Å². The zero-order chi connectivity index (χ0) is 19.1. The second kappa shape index (κ2) is 6.91. The fraction of sp³-hybridized carbons (Fsp3) is 0.217. The lowest BCUT2D eigenvalue weighted by Crippen LogP contribution is -2.25. The topological polar surface area (TPSA) is 49.4 Å². The summed E-state index contributed by atoms with van der Waals surface area (Å²) in [4.78, 5) is 28.8. The molecule has 5 heteroatoms. The van der Waals surface area contributed by atoms with Crippen molar-refractivity contribution < 1.29 is 9.59 Å². The Morgan fingerprint density at radius 3 is 2.61 bits per heavy atom. The number of carbonyl (C=O) groups excluding carboxylic acids is 2. The summed E-state index contributed by atoms with van der Waals surface area (Å²) in [6.07, 6.45) is 3.41. The largest absolute Gasteiger partial charge is 0.319 e. The van der Waals surface area contributed by atoms with Crippen molar-refractivity contribution in [1.29, 1.82) is 0 Å². The van der Waals surface area contributed by atoms with Crippen LogP contribution in [0, 0.1) is 0 Å². The van der Waals surface area contributed by atoms with Crippen molar-refractivity contribution in [2.45, 2.75) is 25.7 Å². The van der Waals surface area contributed by atoms with Crippen LogP contribution in [0.3, 0.4) is 0 Å². The van der Waals surface area contributed by atoms with Crippen LogP contribution in [-0.2, 0) is 17.6 Å². The number of carbonyl (C=O) groups is 2. The molecule has 1 aromatic heterocycles. The Kier molecular flexibility index (Phi) is 4.24. The fourth-order valence-corrected chi connectivity index (χ4v) is 5.25. The second-order valence-electron chi connectivity index (χ2n) is 7.24. The molecular formula is C23H20N2O2S. The molecule has 3 aromatic rings. The number of fused-ring (bicyclic) bond motifs is 3. The van der Waals surface area contributed by atoms with E-state index >= 15 is 0 Å². The summed E-state index contributed by atoms with van der Waals surface area (Å²) in [5, 5.41) is 3.03. The van der Waals surface area contributed by atoms with E-state index in [2.05, 4.69) is 29.6 Å². The molecule has 0 unspecified atom stereocenters. The van der Waals surface area contributed by atoms with E-state index in [1.165, 1.54) is 21.6 Å². The van der Waals surface area contributed by atoms with E-state index in [1.807, 2.05) is 30.3 Å². The van der Waals surface area contributed by atoms with Crippen LogP contribution in [0.5, 0.6) is 0 Å². The average Bonchev–Trinajstić information content (AvgIpc) is 3.35. The summed E-state index contributed by atoms with van der Waals surface area (Å²) < 4.78 is 0. The van der Waals surface area contributed by atoms with Gasteiger partial charge >= 0.3 is 0 Å². The number of benzene rings is 2. The van der Waals surface area contributed by atoms with Crippen LogP contribution in [0.1, 0.15) is 33.6 Å². The molecule has 140 valence electrons. The molecule has 5 rings (SSSR count). The molecule has 1 N–H and O–H groups in total. The Balaban J connectivity index is 1.44. The van der Waals surface area contributed by atoms with Crippen LogP contribution >= 0.6 is 11.3 Å². The number of amides is 2. The maximum absolute atomic E-state index is 13.0. The Hall–Kier alpha value is -2.92. The lowest BCUT2D eigenvalue weighted by molar-refractivity contribution is -0.117. The maximum Gasteiger partial charge on any atom is 0.265 e. The van der Waals surface area contributed by atoms with E-state index in [1.54, 1.807) is 16.2 Å². The van der Waals surface area contributed by atoms with Crippen LogP contribution in [0.15, 0.2) is 54.6 Å².